The number of piperazine rings is 1. The van der Waals surface area contributed by atoms with Crippen molar-refractivity contribution in [3.63, 3.8) is 0 Å². The Bertz CT molecular complexity index is 1210. The first-order valence-corrected chi connectivity index (χ1v) is 11.5. The summed E-state index contributed by atoms with van der Waals surface area (Å²) in [5, 5.41) is 12.6. The van der Waals surface area contributed by atoms with Gasteiger partial charge in [0, 0.05) is 42.6 Å². The zero-order valence-corrected chi connectivity index (χ0v) is 19.3. The Labute approximate surface area is 201 Å². The molecule has 11 heteroatoms. The van der Waals surface area contributed by atoms with E-state index in [0.717, 1.165) is 37.4 Å². The number of fused-ring (bicyclic) bond motifs is 1. The molecule has 34 heavy (non-hydrogen) atoms. The molecule has 1 aromatic heterocycles. The lowest BCUT2D eigenvalue weighted by Gasteiger charge is -2.32. The number of aromatic nitrogens is 2. The van der Waals surface area contributed by atoms with Crippen molar-refractivity contribution in [2.75, 3.05) is 31.5 Å². The van der Waals surface area contributed by atoms with Crippen LogP contribution in [0.4, 0.5) is 5.69 Å². The average Bonchev–Trinajstić information content (AvgIpc) is 3.48. The molecule has 2 amide bonds. The van der Waals surface area contributed by atoms with Gasteiger partial charge in [-0.15, -0.1) is 0 Å². The van der Waals surface area contributed by atoms with Crippen LogP contribution in [0.5, 0.6) is 0 Å². The van der Waals surface area contributed by atoms with Crippen LogP contribution in [0.2, 0.25) is 5.02 Å². The van der Waals surface area contributed by atoms with E-state index in [4.69, 9.17) is 11.6 Å². The molecule has 0 radical (unpaired) electrons. The van der Waals surface area contributed by atoms with Gasteiger partial charge in [-0.1, -0.05) is 23.7 Å². The molecule has 1 fully saturated rings. The number of benzene rings is 1. The van der Waals surface area contributed by atoms with E-state index in [1.165, 1.54) is 6.33 Å². The molecule has 10 nitrogen and oxygen atoms in total. The van der Waals surface area contributed by atoms with E-state index in [2.05, 4.69) is 53.3 Å². The summed E-state index contributed by atoms with van der Waals surface area (Å²) in [6.07, 6.45) is 7.57. The highest BCUT2D eigenvalue weighted by Gasteiger charge is 2.31. The number of amides is 2. The maximum atomic E-state index is 12.9. The summed E-state index contributed by atoms with van der Waals surface area (Å²) in [6.45, 7) is 5.68. The van der Waals surface area contributed by atoms with Crippen LogP contribution in [0.1, 0.15) is 26.5 Å². The van der Waals surface area contributed by atoms with Gasteiger partial charge >= 0.3 is 0 Å². The van der Waals surface area contributed by atoms with E-state index in [0.29, 0.717) is 16.7 Å². The van der Waals surface area contributed by atoms with Crippen molar-refractivity contribution in [2.45, 2.75) is 19.0 Å². The number of guanidine groups is 1. The lowest BCUT2D eigenvalue weighted by atomic mass is 10.0. The zero-order chi connectivity index (χ0) is 23.7. The number of carbonyl (C=O) groups is 2. The first-order chi connectivity index (χ1) is 16.5. The third-order valence-corrected chi connectivity index (χ3v) is 6.24. The standard InChI is InChI=1S/C23H25ClN8O2/c1-13-2-3-14(24)10-17(13)28-21(33)19-20(27-12-26-19)22(34)31-23-29-16-5-4-15(11-18(16)30-23)32-8-6-25-7-9-32/h2-5,10-12,16,18,25H,6-9H2,1H3,(H,26,27)(H,28,33)(H2,29,30,31,34). The number of hydrogen-bond acceptors (Lipinski definition) is 7. The zero-order valence-electron chi connectivity index (χ0n) is 18.6. The molecule has 5 rings (SSSR count). The van der Waals surface area contributed by atoms with Gasteiger partial charge in [-0.2, -0.15) is 0 Å². The molecule has 176 valence electrons. The Balaban J connectivity index is 1.24. The molecule has 0 bridgehead atoms. The molecular weight excluding hydrogens is 456 g/mol. The Kier molecular flexibility index (Phi) is 6.08. The lowest BCUT2D eigenvalue weighted by molar-refractivity contribution is 0.0954. The molecule has 3 aliphatic rings. The van der Waals surface area contributed by atoms with E-state index in [-0.39, 0.29) is 23.5 Å². The van der Waals surface area contributed by atoms with Crippen LogP contribution < -0.4 is 21.3 Å². The molecule has 2 aromatic rings. The number of carbonyl (C=O) groups excluding carboxylic acids is 2. The number of nitrogens with zero attached hydrogens (tertiary/aromatic N) is 3. The third kappa shape index (κ3) is 4.55. The lowest BCUT2D eigenvalue weighted by Crippen LogP contribution is -2.45. The quantitative estimate of drug-likeness (QED) is 0.450. The van der Waals surface area contributed by atoms with E-state index in [1.54, 1.807) is 18.2 Å². The highest BCUT2D eigenvalue weighted by atomic mass is 35.5. The van der Waals surface area contributed by atoms with Crippen LogP contribution in [0.25, 0.3) is 0 Å². The van der Waals surface area contributed by atoms with Gasteiger partial charge in [0.25, 0.3) is 11.8 Å². The summed E-state index contributed by atoms with van der Waals surface area (Å²) in [5.74, 6) is -0.668. The third-order valence-electron chi connectivity index (χ3n) is 6.01. The number of anilines is 1. The maximum Gasteiger partial charge on any atom is 0.276 e. The highest BCUT2D eigenvalue weighted by Crippen LogP contribution is 2.22. The van der Waals surface area contributed by atoms with Crippen molar-refractivity contribution < 1.29 is 9.59 Å². The number of H-pyrrole nitrogens is 1. The summed E-state index contributed by atoms with van der Waals surface area (Å²) >= 11 is 6.04. The van der Waals surface area contributed by atoms with E-state index < -0.39 is 11.8 Å². The first-order valence-electron chi connectivity index (χ1n) is 11.1. The van der Waals surface area contributed by atoms with Crippen molar-refractivity contribution in [1.29, 1.82) is 0 Å². The normalized spacial score (nSPS) is 21.3. The summed E-state index contributed by atoms with van der Waals surface area (Å²) < 4.78 is 0. The largest absolute Gasteiger partial charge is 0.369 e. The summed E-state index contributed by atoms with van der Waals surface area (Å²) in [7, 11) is 0. The number of imidazole rings is 1. The fourth-order valence-electron chi connectivity index (χ4n) is 4.17. The summed E-state index contributed by atoms with van der Waals surface area (Å²) in [5.41, 5.74) is 2.57. The van der Waals surface area contributed by atoms with Crippen LogP contribution in [0, 0.1) is 6.92 Å². The molecule has 1 aliphatic carbocycles. The average molecular weight is 481 g/mol. The van der Waals surface area contributed by atoms with Gasteiger partial charge in [0.1, 0.15) is 5.69 Å². The molecule has 5 N–H and O–H groups in total. The number of aryl methyl sites for hydroxylation is 1. The van der Waals surface area contributed by atoms with Gasteiger partial charge < -0.3 is 25.8 Å². The minimum absolute atomic E-state index is 0.0197. The Morgan fingerprint density at radius 2 is 2.00 bits per heavy atom. The fourth-order valence-corrected chi connectivity index (χ4v) is 4.34. The topological polar surface area (TPSA) is 127 Å². The van der Waals surface area contributed by atoms with Gasteiger partial charge in [-0.3, -0.25) is 14.9 Å². The molecule has 0 spiro atoms. The van der Waals surface area contributed by atoms with Crippen LogP contribution >= 0.6 is 11.6 Å². The summed E-state index contributed by atoms with van der Waals surface area (Å²) in [4.78, 5) is 39.4. The monoisotopic (exact) mass is 480 g/mol. The van der Waals surface area contributed by atoms with Gasteiger partial charge in [-0.05, 0) is 36.8 Å². The molecule has 3 heterocycles. The second-order valence-corrected chi connectivity index (χ2v) is 8.76. The van der Waals surface area contributed by atoms with Crippen molar-refractivity contribution in [3.05, 3.63) is 70.4 Å². The highest BCUT2D eigenvalue weighted by molar-refractivity contribution is 6.31. The first kappa shape index (κ1) is 22.2. The van der Waals surface area contributed by atoms with E-state index >= 15 is 0 Å². The Morgan fingerprint density at radius 3 is 2.82 bits per heavy atom. The molecule has 1 saturated heterocycles. The van der Waals surface area contributed by atoms with Gasteiger partial charge in [0.15, 0.2) is 11.7 Å². The van der Waals surface area contributed by atoms with Crippen LogP contribution in [0.15, 0.2) is 53.4 Å². The van der Waals surface area contributed by atoms with E-state index in [1.807, 2.05) is 13.0 Å². The van der Waals surface area contributed by atoms with Gasteiger partial charge in [0.05, 0.1) is 18.4 Å². The number of aliphatic imine (C=N–C) groups is 1. The van der Waals surface area contributed by atoms with Gasteiger partial charge in [-0.25, -0.2) is 9.98 Å². The molecule has 2 atom stereocenters. The van der Waals surface area contributed by atoms with Crippen molar-refractivity contribution in [1.82, 2.24) is 30.8 Å². The number of allylic oxidation sites excluding steroid dienone is 1. The minimum atomic E-state index is -0.515. The van der Waals surface area contributed by atoms with Crippen LogP contribution in [0.3, 0.4) is 0 Å². The number of rotatable bonds is 4. The predicted octanol–water partition coefficient (Wildman–Crippen LogP) is 1.41. The fraction of sp³-hybridized carbons (Fsp3) is 0.304. The Hall–Kier alpha value is -3.63. The van der Waals surface area contributed by atoms with Crippen molar-refractivity contribution in [2.24, 2.45) is 4.99 Å². The van der Waals surface area contributed by atoms with Gasteiger partial charge in [0.2, 0.25) is 0 Å². The molecule has 2 aliphatic heterocycles. The smallest absolute Gasteiger partial charge is 0.276 e. The number of aromatic amines is 1. The van der Waals surface area contributed by atoms with Crippen LogP contribution in [-0.2, 0) is 0 Å². The number of nitrogens with one attached hydrogen (secondary N) is 5. The van der Waals surface area contributed by atoms with Crippen molar-refractivity contribution in [3.8, 4) is 0 Å². The predicted molar refractivity (Wildman–Crippen MR) is 130 cm³/mol. The van der Waals surface area contributed by atoms with E-state index in [9.17, 15) is 9.59 Å². The Morgan fingerprint density at radius 1 is 1.18 bits per heavy atom. The number of halogens is 1. The minimum Gasteiger partial charge on any atom is -0.369 e. The SMILES string of the molecule is Cc1ccc(Cl)cc1NC(=O)c1nc[nH]c1C(=O)NC1=NC2C=CC(N3CCNCC3)=CC2N1. The number of hydrogen-bond donors (Lipinski definition) is 5. The molecule has 1 aromatic carbocycles. The second-order valence-electron chi connectivity index (χ2n) is 8.32. The molecular formula is C23H25ClN8O2. The maximum absolute atomic E-state index is 12.9. The molecule has 0 saturated carbocycles. The second kappa shape index (κ2) is 9.32. The molecule has 2 unspecified atom stereocenters. The van der Waals surface area contributed by atoms with Crippen molar-refractivity contribution >= 4 is 35.1 Å². The summed E-state index contributed by atoms with van der Waals surface area (Å²) in [6, 6.07) is 5.05. The van der Waals surface area contributed by atoms with Crippen LogP contribution in [-0.4, -0.2) is 70.9 Å².